The zero-order valence-corrected chi connectivity index (χ0v) is 13.0. The van der Waals surface area contributed by atoms with Crippen LogP contribution in [0.3, 0.4) is 0 Å². The SMILES string of the molecule is CC(N(C)S(=O)(=O)c1ccc(CN)cn1)C(C)(C)C. The van der Waals surface area contributed by atoms with Crippen molar-refractivity contribution < 1.29 is 8.42 Å². The minimum atomic E-state index is -3.56. The number of aromatic nitrogens is 1. The van der Waals surface area contributed by atoms with E-state index in [0.29, 0.717) is 6.54 Å². The van der Waals surface area contributed by atoms with Gasteiger partial charge in [0.05, 0.1) is 0 Å². The zero-order chi connectivity index (χ0) is 14.8. The van der Waals surface area contributed by atoms with Crippen molar-refractivity contribution in [3.8, 4) is 0 Å². The molecule has 1 aromatic heterocycles. The molecule has 0 radical (unpaired) electrons. The Labute approximate surface area is 115 Å². The Morgan fingerprint density at radius 2 is 1.95 bits per heavy atom. The highest BCUT2D eigenvalue weighted by Crippen LogP contribution is 2.26. The third-order valence-electron chi connectivity index (χ3n) is 3.48. The molecule has 1 aromatic rings. The Morgan fingerprint density at radius 1 is 1.37 bits per heavy atom. The van der Waals surface area contributed by atoms with Gasteiger partial charge in [0.25, 0.3) is 10.0 Å². The monoisotopic (exact) mass is 285 g/mol. The van der Waals surface area contributed by atoms with Crippen LogP contribution in [0.25, 0.3) is 0 Å². The minimum Gasteiger partial charge on any atom is -0.326 e. The van der Waals surface area contributed by atoms with Crippen molar-refractivity contribution in [1.82, 2.24) is 9.29 Å². The second-order valence-electron chi connectivity index (χ2n) is 5.77. The number of sulfonamides is 1. The van der Waals surface area contributed by atoms with Crippen LogP contribution in [-0.4, -0.2) is 30.8 Å². The maximum atomic E-state index is 12.5. The van der Waals surface area contributed by atoms with Crippen molar-refractivity contribution in [2.24, 2.45) is 11.1 Å². The fourth-order valence-electron chi connectivity index (χ4n) is 1.59. The predicted molar refractivity (Wildman–Crippen MR) is 76.0 cm³/mol. The molecule has 0 spiro atoms. The molecule has 2 N–H and O–H groups in total. The first-order valence-electron chi connectivity index (χ1n) is 6.23. The Kier molecular flexibility index (Phi) is 4.71. The van der Waals surface area contributed by atoms with Crippen LogP contribution in [0, 0.1) is 5.41 Å². The van der Waals surface area contributed by atoms with E-state index >= 15 is 0 Å². The molecule has 1 unspecified atom stereocenters. The van der Waals surface area contributed by atoms with Crippen LogP contribution in [0.4, 0.5) is 0 Å². The smallest absolute Gasteiger partial charge is 0.260 e. The summed E-state index contributed by atoms with van der Waals surface area (Å²) in [6.45, 7) is 8.27. The fraction of sp³-hybridized carbons (Fsp3) is 0.615. The molecule has 0 aliphatic rings. The van der Waals surface area contributed by atoms with E-state index in [1.54, 1.807) is 13.1 Å². The van der Waals surface area contributed by atoms with Gasteiger partial charge in [0.2, 0.25) is 0 Å². The van der Waals surface area contributed by atoms with Gasteiger partial charge in [-0.2, -0.15) is 4.31 Å². The highest BCUT2D eigenvalue weighted by Gasteiger charge is 2.33. The molecule has 19 heavy (non-hydrogen) atoms. The average molecular weight is 285 g/mol. The maximum Gasteiger partial charge on any atom is 0.260 e. The zero-order valence-electron chi connectivity index (χ0n) is 12.2. The summed E-state index contributed by atoms with van der Waals surface area (Å²) in [5.74, 6) is 0. The summed E-state index contributed by atoms with van der Waals surface area (Å²) < 4.78 is 26.3. The predicted octanol–water partition coefficient (Wildman–Crippen LogP) is 1.60. The van der Waals surface area contributed by atoms with Crippen LogP contribution in [-0.2, 0) is 16.6 Å². The molecular formula is C13H23N3O2S. The van der Waals surface area contributed by atoms with Gasteiger partial charge in [-0.15, -0.1) is 0 Å². The molecule has 1 atom stereocenters. The van der Waals surface area contributed by atoms with E-state index in [1.807, 2.05) is 27.7 Å². The van der Waals surface area contributed by atoms with Crippen molar-refractivity contribution >= 4 is 10.0 Å². The van der Waals surface area contributed by atoms with Crippen LogP contribution in [0.5, 0.6) is 0 Å². The minimum absolute atomic E-state index is 0.0586. The van der Waals surface area contributed by atoms with Gasteiger partial charge in [0.1, 0.15) is 0 Å². The Hall–Kier alpha value is -0.980. The molecular weight excluding hydrogens is 262 g/mol. The van der Waals surface area contributed by atoms with Crippen molar-refractivity contribution in [2.75, 3.05) is 7.05 Å². The third kappa shape index (κ3) is 3.52. The molecule has 1 rings (SSSR count). The summed E-state index contributed by atoms with van der Waals surface area (Å²) in [4.78, 5) is 4.00. The summed E-state index contributed by atoms with van der Waals surface area (Å²) in [5, 5.41) is 0.0586. The van der Waals surface area contributed by atoms with Crippen molar-refractivity contribution in [3.05, 3.63) is 23.9 Å². The second-order valence-corrected chi connectivity index (χ2v) is 7.72. The van der Waals surface area contributed by atoms with E-state index in [-0.39, 0.29) is 16.5 Å². The molecule has 1 heterocycles. The van der Waals surface area contributed by atoms with Gasteiger partial charge in [-0.05, 0) is 24.0 Å². The first-order valence-corrected chi connectivity index (χ1v) is 7.67. The standard InChI is InChI=1S/C13H23N3O2S/c1-10(13(2,3)4)16(5)19(17,18)12-7-6-11(8-14)9-15-12/h6-7,9-10H,8,14H2,1-5H3. The molecule has 0 saturated heterocycles. The third-order valence-corrected chi connectivity index (χ3v) is 5.32. The van der Waals surface area contributed by atoms with E-state index in [0.717, 1.165) is 5.56 Å². The lowest BCUT2D eigenvalue weighted by molar-refractivity contribution is 0.216. The van der Waals surface area contributed by atoms with E-state index in [9.17, 15) is 8.42 Å². The number of nitrogens with zero attached hydrogens (tertiary/aromatic N) is 2. The topological polar surface area (TPSA) is 76.3 Å². The van der Waals surface area contributed by atoms with E-state index in [2.05, 4.69) is 4.98 Å². The second kappa shape index (κ2) is 5.56. The number of pyridine rings is 1. The molecule has 108 valence electrons. The van der Waals surface area contributed by atoms with Crippen molar-refractivity contribution in [1.29, 1.82) is 0 Å². The van der Waals surface area contributed by atoms with Crippen LogP contribution in [0.2, 0.25) is 0 Å². The molecule has 0 fully saturated rings. The Morgan fingerprint density at radius 3 is 2.32 bits per heavy atom. The Balaban J connectivity index is 3.09. The van der Waals surface area contributed by atoms with Gasteiger partial charge < -0.3 is 5.73 Å². The van der Waals surface area contributed by atoms with Gasteiger partial charge in [-0.3, -0.25) is 0 Å². The van der Waals surface area contributed by atoms with E-state index < -0.39 is 10.0 Å². The first-order chi connectivity index (χ1) is 8.60. The maximum absolute atomic E-state index is 12.5. The molecule has 0 bridgehead atoms. The summed E-state index contributed by atoms with van der Waals surface area (Å²) in [6.07, 6.45) is 1.50. The van der Waals surface area contributed by atoms with Crippen LogP contribution >= 0.6 is 0 Å². The van der Waals surface area contributed by atoms with Crippen LogP contribution < -0.4 is 5.73 Å². The number of rotatable bonds is 4. The highest BCUT2D eigenvalue weighted by atomic mass is 32.2. The molecule has 0 aliphatic carbocycles. The average Bonchev–Trinajstić information content (AvgIpc) is 2.35. The van der Waals surface area contributed by atoms with E-state index in [1.165, 1.54) is 16.6 Å². The van der Waals surface area contributed by atoms with Gasteiger partial charge in [0.15, 0.2) is 5.03 Å². The van der Waals surface area contributed by atoms with Gasteiger partial charge >= 0.3 is 0 Å². The molecule has 0 aliphatic heterocycles. The lowest BCUT2D eigenvalue weighted by Gasteiger charge is -2.34. The molecule has 6 heteroatoms. The summed E-state index contributed by atoms with van der Waals surface area (Å²) >= 11 is 0. The van der Waals surface area contributed by atoms with Gasteiger partial charge in [-0.25, -0.2) is 13.4 Å². The van der Waals surface area contributed by atoms with Gasteiger partial charge in [-0.1, -0.05) is 26.8 Å². The highest BCUT2D eigenvalue weighted by molar-refractivity contribution is 7.89. The quantitative estimate of drug-likeness (QED) is 0.911. The van der Waals surface area contributed by atoms with Crippen LogP contribution in [0.15, 0.2) is 23.4 Å². The van der Waals surface area contributed by atoms with Crippen molar-refractivity contribution in [3.63, 3.8) is 0 Å². The lowest BCUT2D eigenvalue weighted by Crippen LogP contribution is -2.43. The Bertz CT molecular complexity index is 518. The number of hydrogen-bond acceptors (Lipinski definition) is 4. The largest absolute Gasteiger partial charge is 0.326 e. The number of nitrogens with two attached hydrogens (primary N) is 1. The van der Waals surface area contributed by atoms with Crippen molar-refractivity contribution in [2.45, 2.75) is 45.3 Å². The summed E-state index contributed by atoms with van der Waals surface area (Å²) in [5.41, 5.74) is 6.14. The summed E-state index contributed by atoms with van der Waals surface area (Å²) in [6, 6.07) is 3.06. The first kappa shape index (κ1) is 16.1. The molecule has 0 saturated carbocycles. The molecule has 5 nitrogen and oxygen atoms in total. The molecule has 0 amide bonds. The fourth-order valence-corrected chi connectivity index (χ4v) is 3.04. The van der Waals surface area contributed by atoms with E-state index in [4.69, 9.17) is 5.73 Å². The lowest BCUT2D eigenvalue weighted by atomic mass is 9.88. The molecule has 0 aromatic carbocycles. The van der Waals surface area contributed by atoms with Gasteiger partial charge in [0, 0.05) is 25.8 Å². The number of hydrogen-bond donors (Lipinski definition) is 1. The normalized spacial score (nSPS) is 14.7. The summed E-state index contributed by atoms with van der Waals surface area (Å²) in [7, 11) is -1.98. The van der Waals surface area contributed by atoms with Crippen LogP contribution in [0.1, 0.15) is 33.3 Å².